The highest BCUT2D eigenvalue weighted by Crippen LogP contribution is 2.27. The minimum absolute atomic E-state index is 0.0214. The van der Waals surface area contributed by atoms with Crippen molar-refractivity contribution in [2.75, 3.05) is 14.2 Å². The fourth-order valence-corrected chi connectivity index (χ4v) is 2.59. The average Bonchev–Trinajstić information content (AvgIpc) is 3.04. The Bertz CT molecular complexity index is 772. The number of rotatable bonds is 7. The highest BCUT2D eigenvalue weighted by molar-refractivity contribution is 7.16. The van der Waals surface area contributed by atoms with Gasteiger partial charge in [-0.15, -0.1) is 0 Å². The van der Waals surface area contributed by atoms with Crippen LogP contribution in [0.4, 0.5) is 5.00 Å². The second-order valence-electron chi connectivity index (χ2n) is 4.59. The molecule has 1 heterocycles. The molecule has 0 spiro atoms. The summed E-state index contributed by atoms with van der Waals surface area (Å²) in [5.74, 6) is 0.806. The van der Waals surface area contributed by atoms with E-state index in [1.54, 1.807) is 24.3 Å². The molecule has 2 aromatic rings. The summed E-state index contributed by atoms with van der Waals surface area (Å²) < 4.78 is 10.3. The van der Waals surface area contributed by atoms with Gasteiger partial charge in [-0.05, 0) is 23.8 Å². The fourth-order valence-electron chi connectivity index (χ4n) is 1.89. The molecule has 1 N–H and O–H groups in total. The predicted molar refractivity (Wildman–Crippen MR) is 90.0 cm³/mol. The zero-order chi connectivity index (χ0) is 17.5. The Morgan fingerprint density at radius 3 is 2.67 bits per heavy atom. The van der Waals surface area contributed by atoms with Crippen LogP contribution in [0.5, 0.6) is 11.5 Å². The third-order valence-electron chi connectivity index (χ3n) is 2.99. The summed E-state index contributed by atoms with van der Waals surface area (Å²) in [6, 6.07) is 8.14. The maximum absolute atomic E-state index is 11.9. The van der Waals surface area contributed by atoms with E-state index in [2.05, 4.69) is 10.5 Å². The molecule has 9 heteroatoms. The average molecular weight is 349 g/mol. The standard InChI is InChI=1S/C15H15N3O5S/c1-22-12-5-3-10(7-13(12)23-2)8-14(19)17-16-9-11-4-6-15(24-11)18(20)21/h3-7,9H,8H2,1-2H3,(H,17,19)/b16-9+. The summed E-state index contributed by atoms with van der Waals surface area (Å²) >= 11 is 0.976. The third-order valence-corrected chi connectivity index (χ3v) is 3.96. The Balaban J connectivity index is 1.93. The molecule has 0 saturated heterocycles. The molecule has 0 radical (unpaired) electrons. The summed E-state index contributed by atoms with van der Waals surface area (Å²) in [6.45, 7) is 0. The van der Waals surface area contributed by atoms with Gasteiger partial charge in [-0.2, -0.15) is 5.10 Å². The van der Waals surface area contributed by atoms with Crippen LogP contribution in [0.15, 0.2) is 35.4 Å². The summed E-state index contributed by atoms with van der Waals surface area (Å²) in [4.78, 5) is 22.6. The van der Waals surface area contributed by atoms with E-state index in [4.69, 9.17) is 9.47 Å². The van der Waals surface area contributed by atoms with Gasteiger partial charge in [-0.1, -0.05) is 17.4 Å². The van der Waals surface area contributed by atoms with Crippen LogP contribution in [-0.2, 0) is 11.2 Å². The van der Waals surface area contributed by atoms with Gasteiger partial charge in [0.15, 0.2) is 11.5 Å². The van der Waals surface area contributed by atoms with Crippen molar-refractivity contribution in [1.29, 1.82) is 0 Å². The Morgan fingerprint density at radius 2 is 2.04 bits per heavy atom. The molecular weight excluding hydrogens is 334 g/mol. The summed E-state index contributed by atoms with van der Waals surface area (Å²) in [7, 11) is 3.06. The second-order valence-corrected chi connectivity index (χ2v) is 5.69. The maximum atomic E-state index is 11.9. The van der Waals surface area contributed by atoms with Crippen LogP contribution in [-0.4, -0.2) is 31.3 Å². The van der Waals surface area contributed by atoms with Crippen LogP contribution >= 0.6 is 11.3 Å². The highest BCUT2D eigenvalue weighted by Gasteiger charge is 2.09. The van der Waals surface area contributed by atoms with Crippen molar-refractivity contribution in [3.05, 3.63) is 50.9 Å². The van der Waals surface area contributed by atoms with Crippen LogP contribution in [0.3, 0.4) is 0 Å². The van der Waals surface area contributed by atoms with E-state index in [0.717, 1.165) is 16.9 Å². The van der Waals surface area contributed by atoms with Gasteiger partial charge < -0.3 is 9.47 Å². The number of hydrogen-bond donors (Lipinski definition) is 1. The first kappa shape index (κ1) is 17.4. The zero-order valence-corrected chi connectivity index (χ0v) is 13.8. The molecule has 24 heavy (non-hydrogen) atoms. The molecule has 0 saturated carbocycles. The molecule has 0 fully saturated rings. The van der Waals surface area contributed by atoms with Gasteiger partial charge in [0, 0.05) is 6.07 Å². The van der Waals surface area contributed by atoms with E-state index in [9.17, 15) is 14.9 Å². The molecule has 0 aliphatic heterocycles. The van der Waals surface area contributed by atoms with Gasteiger partial charge in [-0.25, -0.2) is 5.43 Å². The zero-order valence-electron chi connectivity index (χ0n) is 13.0. The van der Waals surface area contributed by atoms with E-state index in [0.29, 0.717) is 16.4 Å². The number of thiophene rings is 1. The molecule has 0 atom stereocenters. The Labute approximate surface area is 141 Å². The van der Waals surface area contributed by atoms with Crippen LogP contribution in [0, 0.1) is 10.1 Å². The van der Waals surface area contributed by atoms with Gasteiger partial charge in [0.25, 0.3) is 0 Å². The van der Waals surface area contributed by atoms with Crippen molar-refractivity contribution >= 4 is 28.5 Å². The normalized spacial score (nSPS) is 10.6. The fraction of sp³-hybridized carbons (Fsp3) is 0.200. The van der Waals surface area contributed by atoms with E-state index in [1.807, 2.05) is 0 Å². The second kappa shape index (κ2) is 8.06. The largest absolute Gasteiger partial charge is 0.493 e. The lowest BCUT2D eigenvalue weighted by Crippen LogP contribution is -2.19. The number of hydrogen-bond acceptors (Lipinski definition) is 7. The van der Waals surface area contributed by atoms with E-state index in [1.165, 1.54) is 26.5 Å². The third kappa shape index (κ3) is 4.53. The van der Waals surface area contributed by atoms with Crippen molar-refractivity contribution in [3.63, 3.8) is 0 Å². The summed E-state index contributed by atoms with van der Waals surface area (Å²) in [5, 5.41) is 14.4. The Kier molecular flexibility index (Phi) is 5.85. The molecule has 8 nitrogen and oxygen atoms in total. The van der Waals surface area contributed by atoms with Crippen molar-refractivity contribution in [3.8, 4) is 11.5 Å². The first-order valence-electron chi connectivity index (χ1n) is 6.80. The van der Waals surface area contributed by atoms with Crippen LogP contribution in [0.2, 0.25) is 0 Å². The predicted octanol–water partition coefficient (Wildman–Crippen LogP) is 2.37. The number of hydrazone groups is 1. The van der Waals surface area contributed by atoms with Gasteiger partial charge in [0.2, 0.25) is 5.91 Å². The van der Waals surface area contributed by atoms with E-state index < -0.39 is 4.92 Å². The van der Waals surface area contributed by atoms with Crippen LogP contribution < -0.4 is 14.9 Å². The number of carbonyl (C=O) groups excluding carboxylic acids is 1. The molecule has 126 valence electrons. The van der Waals surface area contributed by atoms with Crippen molar-refractivity contribution in [2.24, 2.45) is 5.10 Å². The summed E-state index contributed by atoms with van der Waals surface area (Å²) in [5.41, 5.74) is 3.12. The van der Waals surface area contributed by atoms with E-state index in [-0.39, 0.29) is 17.3 Å². The first-order chi connectivity index (χ1) is 11.5. The van der Waals surface area contributed by atoms with Gasteiger partial charge in [0.05, 0.1) is 36.7 Å². The minimum Gasteiger partial charge on any atom is -0.493 e. The van der Waals surface area contributed by atoms with Crippen molar-refractivity contribution in [2.45, 2.75) is 6.42 Å². The maximum Gasteiger partial charge on any atom is 0.324 e. The van der Waals surface area contributed by atoms with Crippen molar-refractivity contribution < 1.29 is 19.2 Å². The summed E-state index contributed by atoms with van der Waals surface area (Å²) in [6.07, 6.45) is 1.48. The molecule has 2 rings (SSSR count). The minimum atomic E-state index is -0.475. The monoisotopic (exact) mass is 349 g/mol. The lowest BCUT2D eigenvalue weighted by molar-refractivity contribution is -0.380. The highest BCUT2D eigenvalue weighted by atomic mass is 32.1. The molecule has 0 unspecified atom stereocenters. The number of methoxy groups -OCH3 is 2. The Morgan fingerprint density at radius 1 is 1.29 bits per heavy atom. The first-order valence-corrected chi connectivity index (χ1v) is 7.62. The number of ether oxygens (including phenoxy) is 2. The molecule has 1 aromatic carbocycles. The van der Waals surface area contributed by atoms with Gasteiger partial charge in [0.1, 0.15) is 0 Å². The molecule has 0 aliphatic carbocycles. The number of benzene rings is 1. The number of nitrogens with zero attached hydrogens (tertiary/aromatic N) is 2. The molecule has 1 aromatic heterocycles. The molecular formula is C15H15N3O5S. The number of nitro groups is 1. The molecule has 0 aliphatic rings. The molecule has 0 bridgehead atoms. The number of nitrogens with one attached hydrogen (secondary N) is 1. The Hall–Kier alpha value is -2.94. The topological polar surface area (TPSA) is 103 Å². The molecule has 1 amide bonds. The SMILES string of the molecule is COc1ccc(CC(=O)N/N=C/c2ccc([N+](=O)[O-])s2)cc1OC. The van der Waals surface area contributed by atoms with Crippen LogP contribution in [0.25, 0.3) is 0 Å². The van der Waals surface area contributed by atoms with Gasteiger partial charge >= 0.3 is 5.00 Å². The quantitative estimate of drug-likeness (QED) is 0.469. The van der Waals surface area contributed by atoms with Gasteiger partial charge in [-0.3, -0.25) is 14.9 Å². The van der Waals surface area contributed by atoms with E-state index >= 15 is 0 Å². The lowest BCUT2D eigenvalue weighted by Gasteiger charge is -2.09. The lowest BCUT2D eigenvalue weighted by atomic mass is 10.1. The smallest absolute Gasteiger partial charge is 0.324 e. The van der Waals surface area contributed by atoms with Crippen molar-refractivity contribution in [1.82, 2.24) is 5.43 Å². The number of amides is 1. The van der Waals surface area contributed by atoms with Crippen LogP contribution in [0.1, 0.15) is 10.4 Å². The number of carbonyl (C=O) groups is 1.